The third-order valence-electron chi connectivity index (χ3n) is 11.5. The second-order valence-electron chi connectivity index (χ2n) is 14.8. The number of ether oxygens (including phenoxy) is 5. The maximum Gasteiger partial charge on any atom is 0.308 e. The molecule has 12 nitrogen and oxygen atoms in total. The van der Waals surface area contributed by atoms with Gasteiger partial charge in [0.05, 0.1) is 17.3 Å². The molecule has 0 radical (unpaired) electrons. The van der Waals surface area contributed by atoms with Crippen molar-refractivity contribution in [2.45, 2.75) is 124 Å². The van der Waals surface area contributed by atoms with Crippen molar-refractivity contribution < 1.29 is 57.6 Å². The van der Waals surface area contributed by atoms with E-state index >= 15 is 4.79 Å². The summed E-state index contributed by atoms with van der Waals surface area (Å²) in [5, 5.41) is 12.7. The lowest BCUT2D eigenvalue weighted by Crippen LogP contribution is -2.66. The summed E-state index contributed by atoms with van der Waals surface area (Å²) in [6, 6.07) is 0. The van der Waals surface area contributed by atoms with Crippen LogP contribution in [0.1, 0.15) is 94.9 Å². The van der Waals surface area contributed by atoms with E-state index in [-0.39, 0.29) is 31.1 Å². The number of hydrogen-bond donors (Lipinski definition) is 1. The van der Waals surface area contributed by atoms with E-state index in [4.69, 9.17) is 23.7 Å². The van der Waals surface area contributed by atoms with Crippen molar-refractivity contribution in [3.05, 3.63) is 0 Å². The van der Waals surface area contributed by atoms with E-state index in [1.165, 1.54) is 20.8 Å². The summed E-state index contributed by atoms with van der Waals surface area (Å²) in [5.41, 5.74) is -6.57. The Morgan fingerprint density at radius 2 is 1.57 bits per heavy atom. The number of aliphatic hydroxyl groups is 1. The SMILES string of the molecule is CCC(=O)O[C@@H]1[C@@H]2[C@@H](OC(=O)C(C)CC)[C@@]3(COC(C)=O)[C@@H]([C@@H]4[C@H](C[C@H]3OC(C)=O)C4(C)C)[C@](C)(OC(C)=O)C(=O)[C@@]2(O)C[C@@H]1C. The molecule has 0 aromatic carbocycles. The molecule has 46 heavy (non-hydrogen) atoms. The molecule has 12 atom stereocenters. The molecule has 0 bridgehead atoms. The Morgan fingerprint density at radius 1 is 0.935 bits per heavy atom. The van der Waals surface area contributed by atoms with Crippen LogP contribution >= 0.6 is 0 Å². The summed E-state index contributed by atoms with van der Waals surface area (Å²) in [4.78, 5) is 80.0. The van der Waals surface area contributed by atoms with Gasteiger partial charge in [0.1, 0.15) is 30.5 Å². The van der Waals surface area contributed by atoms with Gasteiger partial charge in [-0.15, -0.1) is 0 Å². The van der Waals surface area contributed by atoms with Gasteiger partial charge in [-0.2, -0.15) is 0 Å². The van der Waals surface area contributed by atoms with E-state index in [9.17, 15) is 29.1 Å². The first-order chi connectivity index (χ1) is 21.2. The van der Waals surface area contributed by atoms with Gasteiger partial charge in [0, 0.05) is 33.1 Å². The average Bonchev–Trinajstić information content (AvgIpc) is 3.40. The van der Waals surface area contributed by atoms with Crippen LogP contribution in [0.25, 0.3) is 0 Å². The Hall–Kier alpha value is -3.02. The van der Waals surface area contributed by atoms with Crippen LogP contribution in [0.3, 0.4) is 0 Å². The van der Waals surface area contributed by atoms with Gasteiger partial charge < -0.3 is 28.8 Å². The highest BCUT2D eigenvalue weighted by Crippen LogP contribution is 2.76. The summed E-state index contributed by atoms with van der Waals surface area (Å²) in [7, 11) is 0. The van der Waals surface area contributed by atoms with E-state index in [1.807, 2.05) is 13.8 Å². The molecule has 0 spiro atoms. The molecule has 0 saturated heterocycles. The summed E-state index contributed by atoms with van der Waals surface area (Å²) < 4.78 is 30.2. The summed E-state index contributed by atoms with van der Waals surface area (Å²) in [5.74, 6) is -8.39. The number of esters is 5. The van der Waals surface area contributed by atoms with Crippen LogP contribution in [0.5, 0.6) is 0 Å². The quantitative estimate of drug-likeness (QED) is 0.286. The molecule has 4 fully saturated rings. The minimum absolute atomic E-state index is 0.0000324. The number of Topliss-reactive ketones (excluding diaryl/α,β-unsaturated/α-hetero) is 1. The van der Waals surface area contributed by atoms with E-state index in [0.29, 0.717) is 6.42 Å². The van der Waals surface area contributed by atoms with Crippen LogP contribution in [0, 0.1) is 46.3 Å². The highest BCUT2D eigenvalue weighted by molar-refractivity contribution is 5.98. The van der Waals surface area contributed by atoms with Gasteiger partial charge in [0.25, 0.3) is 0 Å². The van der Waals surface area contributed by atoms with Crippen LogP contribution < -0.4 is 0 Å². The van der Waals surface area contributed by atoms with E-state index < -0.39 is 106 Å². The molecule has 0 aliphatic heterocycles. The smallest absolute Gasteiger partial charge is 0.308 e. The highest BCUT2D eigenvalue weighted by Gasteiger charge is 2.84. The maximum absolute atomic E-state index is 15.1. The highest BCUT2D eigenvalue weighted by atomic mass is 16.6. The second kappa shape index (κ2) is 12.2. The number of carbonyl (C=O) groups is 6. The molecule has 4 rings (SSSR count). The van der Waals surface area contributed by atoms with Crippen LogP contribution in [-0.2, 0) is 52.5 Å². The molecule has 4 saturated carbocycles. The van der Waals surface area contributed by atoms with E-state index in [1.54, 1.807) is 27.7 Å². The zero-order chi connectivity index (χ0) is 34.7. The minimum atomic E-state index is -2.32. The lowest BCUT2D eigenvalue weighted by molar-refractivity contribution is -0.240. The first-order valence-corrected chi connectivity index (χ1v) is 16.4. The summed E-state index contributed by atoms with van der Waals surface area (Å²) >= 11 is 0. The predicted molar refractivity (Wildman–Crippen MR) is 160 cm³/mol. The van der Waals surface area contributed by atoms with Crippen molar-refractivity contribution in [1.29, 1.82) is 0 Å². The van der Waals surface area contributed by atoms with Crippen molar-refractivity contribution in [1.82, 2.24) is 0 Å². The number of rotatable bonds is 9. The van der Waals surface area contributed by atoms with Crippen LogP contribution in [-0.4, -0.2) is 76.9 Å². The average molecular weight is 651 g/mol. The Bertz CT molecular complexity index is 1290. The maximum atomic E-state index is 15.1. The summed E-state index contributed by atoms with van der Waals surface area (Å²) in [6.07, 6.45) is -3.26. The lowest BCUT2D eigenvalue weighted by Gasteiger charge is -2.55. The van der Waals surface area contributed by atoms with Crippen molar-refractivity contribution in [3.63, 3.8) is 0 Å². The Kier molecular flexibility index (Phi) is 9.51. The molecular formula is C34H50O12. The minimum Gasteiger partial charge on any atom is -0.465 e. The Balaban J connectivity index is 2.17. The molecule has 258 valence electrons. The van der Waals surface area contributed by atoms with Crippen molar-refractivity contribution in [3.8, 4) is 0 Å². The second-order valence-corrected chi connectivity index (χ2v) is 14.8. The monoisotopic (exact) mass is 650 g/mol. The first-order valence-electron chi connectivity index (χ1n) is 16.4. The predicted octanol–water partition coefficient (Wildman–Crippen LogP) is 3.33. The largest absolute Gasteiger partial charge is 0.465 e. The van der Waals surface area contributed by atoms with Gasteiger partial charge in [-0.25, -0.2) is 0 Å². The van der Waals surface area contributed by atoms with Crippen molar-refractivity contribution in [2.75, 3.05) is 6.61 Å². The van der Waals surface area contributed by atoms with E-state index in [0.717, 1.165) is 6.92 Å². The Labute approximate surface area is 270 Å². The van der Waals surface area contributed by atoms with Gasteiger partial charge in [-0.05, 0) is 49.4 Å². The number of hydrogen-bond acceptors (Lipinski definition) is 12. The van der Waals surface area contributed by atoms with Gasteiger partial charge >= 0.3 is 29.8 Å². The molecule has 12 heteroatoms. The fraction of sp³-hybridized carbons (Fsp3) is 0.824. The zero-order valence-electron chi connectivity index (χ0n) is 28.7. The normalized spacial score (nSPS) is 41.0. The molecule has 4 aliphatic rings. The molecule has 4 aliphatic carbocycles. The van der Waals surface area contributed by atoms with Crippen LogP contribution in [0.15, 0.2) is 0 Å². The standard InChI is InChI=1S/C34H50O12/c1-11-16(3)29(39)45-28-25-26(44-23(38)12-2)17(4)14-34(25,41)30(40)32(10,46-20(7)37)27-24-21(31(24,8)9)13-22(43-19(6)36)33(27,28)15-42-18(5)35/h16-17,21-22,24-28,41H,11-15H2,1-10H3/t16?,17-,21-,22+,24-,25+,26-,27-,28+,32-,33+,34+/m0/s1. The van der Waals surface area contributed by atoms with Gasteiger partial charge in [-0.3, -0.25) is 28.8 Å². The molecule has 0 amide bonds. The molecule has 1 N–H and O–H groups in total. The van der Waals surface area contributed by atoms with E-state index in [2.05, 4.69) is 0 Å². The van der Waals surface area contributed by atoms with Gasteiger partial charge in [0.15, 0.2) is 5.60 Å². The topological polar surface area (TPSA) is 169 Å². The Morgan fingerprint density at radius 3 is 2.09 bits per heavy atom. The first kappa shape index (κ1) is 35.8. The molecular weight excluding hydrogens is 600 g/mol. The number of ketones is 1. The number of carbonyl (C=O) groups excluding carboxylic acids is 6. The van der Waals surface area contributed by atoms with Gasteiger partial charge in [0.2, 0.25) is 5.78 Å². The van der Waals surface area contributed by atoms with Crippen LogP contribution in [0.4, 0.5) is 0 Å². The lowest BCUT2D eigenvalue weighted by atomic mass is 9.55. The third-order valence-corrected chi connectivity index (χ3v) is 11.5. The molecule has 0 aromatic heterocycles. The summed E-state index contributed by atoms with van der Waals surface area (Å²) in [6.45, 7) is 15.3. The molecule has 1 unspecified atom stereocenters. The van der Waals surface area contributed by atoms with Crippen molar-refractivity contribution in [2.24, 2.45) is 46.3 Å². The van der Waals surface area contributed by atoms with Crippen LogP contribution in [0.2, 0.25) is 0 Å². The zero-order valence-corrected chi connectivity index (χ0v) is 28.7. The fourth-order valence-corrected chi connectivity index (χ4v) is 9.31. The molecule has 0 aromatic rings. The van der Waals surface area contributed by atoms with Crippen molar-refractivity contribution >= 4 is 35.6 Å². The number of fused-ring (bicyclic) bond motifs is 4. The third kappa shape index (κ3) is 5.52. The van der Waals surface area contributed by atoms with Gasteiger partial charge in [-0.1, -0.05) is 41.5 Å². The fourth-order valence-electron chi connectivity index (χ4n) is 9.31. The molecule has 0 heterocycles.